The number of nitriles is 1. The molecule has 0 unspecified atom stereocenters. The Labute approximate surface area is 102 Å². The van der Waals surface area contributed by atoms with Gasteiger partial charge in [0.2, 0.25) is 0 Å². The highest BCUT2D eigenvalue weighted by atomic mass is 16.4. The number of carbonyl (C=O) groups is 1. The van der Waals surface area contributed by atoms with Crippen molar-refractivity contribution in [3.05, 3.63) is 41.7 Å². The molecule has 1 heterocycles. The third-order valence-electron chi connectivity index (χ3n) is 2.28. The van der Waals surface area contributed by atoms with E-state index < -0.39 is 5.97 Å². The first-order chi connectivity index (χ1) is 8.63. The Morgan fingerprint density at radius 1 is 1.28 bits per heavy atom. The SMILES string of the molecule is N#Cc1nc(N)c(C(=O)O)nc1-c1ccccc1. The van der Waals surface area contributed by atoms with Crippen LogP contribution in [0.2, 0.25) is 0 Å². The molecule has 0 saturated carbocycles. The molecular formula is C12H8N4O2. The number of aromatic nitrogens is 2. The van der Waals surface area contributed by atoms with E-state index in [4.69, 9.17) is 16.1 Å². The molecule has 88 valence electrons. The second-order valence-corrected chi connectivity index (χ2v) is 3.44. The maximum absolute atomic E-state index is 10.9. The van der Waals surface area contributed by atoms with Gasteiger partial charge in [-0.15, -0.1) is 0 Å². The number of rotatable bonds is 2. The van der Waals surface area contributed by atoms with Gasteiger partial charge < -0.3 is 10.8 Å². The van der Waals surface area contributed by atoms with Crippen molar-refractivity contribution in [1.82, 2.24) is 9.97 Å². The minimum Gasteiger partial charge on any atom is -0.476 e. The molecule has 0 atom stereocenters. The second-order valence-electron chi connectivity index (χ2n) is 3.44. The van der Waals surface area contributed by atoms with Gasteiger partial charge >= 0.3 is 5.97 Å². The van der Waals surface area contributed by atoms with Crippen LogP contribution in [0.1, 0.15) is 16.2 Å². The highest BCUT2D eigenvalue weighted by Gasteiger charge is 2.17. The molecule has 0 bridgehead atoms. The summed E-state index contributed by atoms with van der Waals surface area (Å²) in [5.74, 6) is -1.54. The van der Waals surface area contributed by atoms with Crippen LogP contribution in [0.15, 0.2) is 30.3 Å². The van der Waals surface area contributed by atoms with Crippen molar-refractivity contribution in [3.63, 3.8) is 0 Å². The topological polar surface area (TPSA) is 113 Å². The molecule has 0 spiro atoms. The van der Waals surface area contributed by atoms with Crippen LogP contribution in [-0.4, -0.2) is 21.0 Å². The lowest BCUT2D eigenvalue weighted by Gasteiger charge is -2.06. The zero-order valence-corrected chi connectivity index (χ0v) is 9.16. The standard InChI is InChI=1S/C12H8N4O2/c13-6-8-9(7-4-2-1-3-5-7)16-10(12(17)18)11(14)15-8/h1-5H,(H2,14,15)(H,17,18). The Morgan fingerprint density at radius 2 is 1.94 bits per heavy atom. The normalized spacial score (nSPS) is 9.72. The number of carboxylic acids is 1. The molecule has 6 heteroatoms. The summed E-state index contributed by atoms with van der Waals surface area (Å²) in [5, 5.41) is 17.9. The van der Waals surface area contributed by atoms with Crippen molar-refractivity contribution in [2.45, 2.75) is 0 Å². The maximum Gasteiger partial charge on any atom is 0.358 e. The number of nitrogens with two attached hydrogens (primary N) is 1. The lowest BCUT2D eigenvalue weighted by Crippen LogP contribution is -2.10. The maximum atomic E-state index is 10.9. The molecule has 0 radical (unpaired) electrons. The summed E-state index contributed by atoms with van der Waals surface area (Å²) in [6.07, 6.45) is 0. The Balaban J connectivity index is 2.70. The van der Waals surface area contributed by atoms with Gasteiger partial charge in [-0.1, -0.05) is 30.3 Å². The number of hydrogen-bond acceptors (Lipinski definition) is 5. The summed E-state index contributed by atoms with van der Waals surface area (Å²) in [6.45, 7) is 0. The third kappa shape index (κ3) is 1.97. The largest absolute Gasteiger partial charge is 0.476 e. The van der Waals surface area contributed by atoms with Crippen molar-refractivity contribution < 1.29 is 9.90 Å². The van der Waals surface area contributed by atoms with E-state index in [9.17, 15) is 4.79 Å². The van der Waals surface area contributed by atoms with Crippen molar-refractivity contribution in [2.24, 2.45) is 0 Å². The lowest BCUT2D eigenvalue weighted by molar-refractivity contribution is 0.0691. The Hall–Kier alpha value is -2.94. The number of carboxylic acid groups (broad SMARTS) is 1. The van der Waals surface area contributed by atoms with Crippen LogP contribution < -0.4 is 5.73 Å². The molecule has 0 aliphatic heterocycles. The molecule has 2 rings (SSSR count). The average Bonchev–Trinajstić information content (AvgIpc) is 2.39. The Kier molecular flexibility index (Phi) is 2.89. The molecule has 1 aromatic carbocycles. The first-order valence-corrected chi connectivity index (χ1v) is 5.00. The monoisotopic (exact) mass is 240 g/mol. The van der Waals surface area contributed by atoms with Gasteiger partial charge in [0.1, 0.15) is 11.8 Å². The average molecular weight is 240 g/mol. The predicted octanol–water partition coefficient (Wildman–Crippen LogP) is 1.30. The van der Waals surface area contributed by atoms with Gasteiger partial charge in [0.05, 0.1) is 0 Å². The molecular weight excluding hydrogens is 232 g/mol. The minimum absolute atomic E-state index is 0.00343. The van der Waals surface area contributed by atoms with Gasteiger partial charge in [-0.2, -0.15) is 5.26 Å². The van der Waals surface area contributed by atoms with Crippen LogP contribution in [0.5, 0.6) is 0 Å². The predicted molar refractivity (Wildman–Crippen MR) is 63.6 cm³/mol. The molecule has 0 fully saturated rings. The molecule has 2 aromatic rings. The first kappa shape index (κ1) is 11.5. The van der Waals surface area contributed by atoms with E-state index in [2.05, 4.69) is 9.97 Å². The van der Waals surface area contributed by atoms with Crippen LogP contribution in [0.3, 0.4) is 0 Å². The summed E-state index contributed by atoms with van der Waals surface area (Å²) in [6, 6.07) is 10.6. The van der Waals surface area contributed by atoms with E-state index >= 15 is 0 Å². The van der Waals surface area contributed by atoms with Crippen molar-refractivity contribution in [2.75, 3.05) is 5.73 Å². The summed E-state index contributed by atoms with van der Waals surface area (Å²) in [5.41, 5.74) is 5.92. The first-order valence-electron chi connectivity index (χ1n) is 5.00. The fourth-order valence-electron chi connectivity index (χ4n) is 1.48. The van der Waals surface area contributed by atoms with Gasteiger partial charge in [-0.05, 0) is 0 Å². The number of nitrogen functional groups attached to an aromatic ring is 1. The number of aromatic carboxylic acids is 1. The van der Waals surface area contributed by atoms with Crippen molar-refractivity contribution in [1.29, 1.82) is 5.26 Å². The van der Waals surface area contributed by atoms with Gasteiger partial charge in [-0.25, -0.2) is 14.8 Å². The van der Waals surface area contributed by atoms with E-state index in [1.54, 1.807) is 30.3 Å². The fraction of sp³-hybridized carbons (Fsp3) is 0. The fourth-order valence-corrected chi connectivity index (χ4v) is 1.48. The highest BCUT2D eigenvalue weighted by molar-refractivity contribution is 5.91. The Morgan fingerprint density at radius 3 is 2.50 bits per heavy atom. The number of nitrogens with zero attached hydrogens (tertiary/aromatic N) is 3. The third-order valence-corrected chi connectivity index (χ3v) is 2.28. The van der Waals surface area contributed by atoms with Gasteiger partial charge in [0.15, 0.2) is 17.2 Å². The van der Waals surface area contributed by atoms with Crippen molar-refractivity contribution in [3.8, 4) is 17.3 Å². The number of anilines is 1. The van der Waals surface area contributed by atoms with Crippen LogP contribution >= 0.6 is 0 Å². The second kappa shape index (κ2) is 4.51. The van der Waals surface area contributed by atoms with Gasteiger partial charge in [-0.3, -0.25) is 0 Å². The minimum atomic E-state index is -1.28. The van der Waals surface area contributed by atoms with E-state index in [1.807, 2.05) is 6.07 Å². The van der Waals surface area contributed by atoms with Crippen LogP contribution in [0, 0.1) is 11.3 Å². The van der Waals surface area contributed by atoms with E-state index in [1.165, 1.54) is 0 Å². The molecule has 6 nitrogen and oxygen atoms in total. The smallest absolute Gasteiger partial charge is 0.358 e. The van der Waals surface area contributed by atoms with Gasteiger partial charge in [0, 0.05) is 5.56 Å². The van der Waals surface area contributed by atoms with E-state index in [0.717, 1.165) is 0 Å². The summed E-state index contributed by atoms with van der Waals surface area (Å²) in [7, 11) is 0. The number of benzene rings is 1. The van der Waals surface area contributed by atoms with Crippen LogP contribution in [0.4, 0.5) is 5.82 Å². The molecule has 0 amide bonds. The molecule has 0 aliphatic rings. The lowest BCUT2D eigenvalue weighted by atomic mass is 10.1. The summed E-state index contributed by atoms with van der Waals surface area (Å²) >= 11 is 0. The summed E-state index contributed by atoms with van der Waals surface area (Å²) < 4.78 is 0. The molecule has 0 saturated heterocycles. The quantitative estimate of drug-likeness (QED) is 0.817. The highest BCUT2D eigenvalue weighted by Crippen LogP contribution is 2.22. The van der Waals surface area contributed by atoms with Crippen LogP contribution in [0.25, 0.3) is 11.3 Å². The van der Waals surface area contributed by atoms with Gasteiger partial charge in [0.25, 0.3) is 0 Å². The molecule has 1 aromatic heterocycles. The summed E-state index contributed by atoms with van der Waals surface area (Å²) in [4.78, 5) is 18.6. The number of hydrogen-bond donors (Lipinski definition) is 2. The van der Waals surface area contributed by atoms with E-state index in [0.29, 0.717) is 5.56 Å². The molecule has 0 aliphatic carbocycles. The zero-order valence-electron chi connectivity index (χ0n) is 9.16. The van der Waals surface area contributed by atoms with Crippen LogP contribution in [-0.2, 0) is 0 Å². The molecule has 3 N–H and O–H groups in total. The zero-order chi connectivity index (χ0) is 13.1. The van der Waals surface area contributed by atoms with E-state index in [-0.39, 0.29) is 22.9 Å². The van der Waals surface area contributed by atoms with Crippen molar-refractivity contribution >= 4 is 11.8 Å². The Bertz CT molecular complexity index is 647. The molecule has 18 heavy (non-hydrogen) atoms.